The van der Waals surface area contributed by atoms with Crippen LogP contribution in [0.2, 0.25) is 0 Å². The molecule has 1 aromatic rings. The second kappa shape index (κ2) is 8.63. The summed E-state index contributed by atoms with van der Waals surface area (Å²) in [5.74, 6) is 0.0931. The first-order chi connectivity index (χ1) is 11.5. The molecule has 1 atom stereocenters. The average Bonchev–Trinajstić information content (AvgIpc) is 2.52. The maximum absolute atomic E-state index is 13.2. The molecular formula is C18H25ClFN3O2. The molecule has 1 unspecified atom stereocenters. The van der Waals surface area contributed by atoms with Gasteiger partial charge in [0.15, 0.2) is 0 Å². The Balaban J connectivity index is 0.00000225. The van der Waals surface area contributed by atoms with Gasteiger partial charge in [-0.05, 0) is 50.0 Å². The Morgan fingerprint density at radius 2 is 1.96 bits per heavy atom. The highest BCUT2D eigenvalue weighted by atomic mass is 35.5. The van der Waals surface area contributed by atoms with Crippen LogP contribution in [0.3, 0.4) is 0 Å². The van der Waals surface area contributed by atoms with E-state index in [1.54, 1.807) is 12.1 Å². The number of likely N-dealkylation sites (tertiary alicyclic amines) is 1. The normalized spacial score (nSPS) is 19.5. The molecule has 2 aliphatic rings. The minimum atomic E-state index is -0.368. The van der Waals surface area contributed by atoms with Gasteiger partial charge in [-0.1, -0.05) is 13.0 Å². The maximum atomic E-state index is 13.2. The van der Waals surface area contributed by atoms with Crippen molar-refractivity contribution in [3.8, 4) is 0 Å². The van der Waals surface area contributed by atoms with E-state index in [4.69, 9.17) is 0 Å². The van der Waals surface area contributed by atoms with Crippen molar-refractivity contribution < 1.29 is 14.0 Å². The van der Waals surface area contributed by atoms with Crippen LogP contribution in [-0.4, -0.2) is 42.9 Å². The third kappa shape index (κ3) is 4.70. The van der Waals surface area contributed by atoms with Crippen LogP contribution in [0.5, 0.6) is 0 Å². The molecule has 2 N–H and O–H groups in total. The van der Waals surface area contributed by atoms with E-state index < -0.39 is 0 Å². The SMILES string of the molecule is CC(C(=O)N1CCC(C(=O)Nc2cccc(F)c2)CC1)C1CNC1.Cl. The van der Waals surface area contributed by atoms with E-state index in [0.29, 0.717) is 37.5 Å². The van der Waals surface area contributed by atoms with Gasteiger partial charge in [0.1, 0.15) is 5.82 Å². The van der Waals surface area contributed by atoms with Crippen molar-refractivity contribution >= 4 is 29.9 Å². The van der Waals surface area contributed by atoms with Crippen LogP contribution in [0.4, 0.5) is 10.1 Å². The molecule has 25 heavy (non-hydrogen) atoms. The number of carbonyl (C=O) groups is 2. The standard InChI is InChI=1S/C18H24FN3O2.ClH/c1-12(14-10-20-11-14)18(24)22-7-5-13(6-8-22)17(23)21-16-4-2-3-15(19)9-16;/h2-4,9,12-14,20H,5-8,10-11H2,1H3,(H,21,23);1H. The molecule has 0 aromatic heterocycles. The summed E-state index contributed by atoms with van der Waals surface area (Å²) >= 11 is 0. The number of hydrogen-bond donors (Lipinski definition) is 2. The number of amides is 2. The van der Waals surface area contributed by atoms with Crippen molar-refractivity contribution in [1.29, 1.82) is 0 Å². The Labute approximate surface area is 153 Å². The third-order valence-electron chi connectivity index (χ3n) is 5.18. The van der Waals surface area contributed by atoms with Gasteiger partial charge < -0.3 is 15.5 Å². The minimum absolute atomic E-state index is 0. The summed E-state index contributed by atoms with van der Waals surface area (Å²) in [5.41, 5.74) is 0.476. The lowest BCUT2D eigenvalue weighted by Gasteiger charge is -2.37. The Morgan fingerprint density at radius 1 is 1.28 bits per heavy atom. The van der Waals surface area contributed by atoms with E-state index in [-0.39, 0.29) is 41.9 Å². The van der Waals surface area contributed by atoms with Gasteiger partial charge in [-0.15, -0.1) is 12.4 Å². The topological polar surface area (TPSA) is 61.4 Å². The van der Waals surface area contributed by atoms with Gasteiger partial charge >= 0.3 is 0 Å². The Kier molecular flexibility index (Phi) is 6.79. The van der Waals surface area contributed by atoms with Crippen molar-refractivity contribution in [2.75, 3.05) is 31.5 Å². The highest BCUT2D eigenvalue weighted by Gasteiger charge is 2.34. The summed E-state index contributed by atoms with van der Waals surface area (Å²) < 4.78 is 13.2. The first-order valence-electron chi connectivity index (χ1n) is 8.60. The van der Waals surface area contributed by atoms with Crippen LogP contribution in [0.1, 0.15) is 19.8 Å². The van der Waals surface area contributed by atoms with Crippen molar-refractivity contribution in [2.45, 2.75) is 19.8 Å². The summed E-state index contributed by atoms with van der Waals surface area (Å²) in [6, 6.07) is 5.90. The third-order valence-corrected chi connectivity index (χ3v) is 5.18. The lowest BCUT2D eigenvalue weighted by molar-refractivity contribution is -0.140. The Bertz CT molecular complexity index is 616. The highest BCUT2D eigenvalue weighted by molar-refractivity contribution is 5.92. The van der Waals surface area contributed by atoms with Crippen molar-refractivity contribution in [3.63, 3.8) is 0 Å². The quantitative estimate of drug-likeness (QED) is 0.856. The summed E-state index contributed by atoms with van der Waals surface area (Å²) in [6.45, 7) is 5.06. The largest absolute Gasteiger partial charge is 0.342 e. The first kappa shape index (κ1) is 19.7. The van der Waals surface area contributed by atoms with Gasteiger partial charge in [0, 0.05) is 30.6 Å². The zero-order chi connectivity index (χ0) is 17.1. The lowest BCUT2D eigenvalue weighted by Crippen LogP contribution is -2.52. The van der Waals surface area contributed by atoms with Crippen molar-refractivity contribution in [1.82, 2.24) is 10.2 Å². The summed E-state index contributed by atoms with van der Waals surface area (Å²) in [4.78, 5) is 26.7. The molecule has 0 bridgehead atoms. The molecular weight excluding hydrogens is 345 g/mol. The minimum Gasteiger partial charge on any atom is -0.342 e. The van der Waals surface area contributed by atoms with Crippen LogP contribution in [-0.2, 0) is 9.59 Å². The van der Waals surface area contributed by atoms with Gasteiger partial charge in [0.05, 0.1) is 0 Å². The van der Waals surface area contributed by atoms with Crippen LogP contribution in [0, 0.1) is 23.6 Å². The molecule has 2 fully saturated rings. The van der Waals surface area contributed by atoms with E-state index in [1.165, 1.54) is 12.1 Å². The molecule has 0 saturated carbocycles. The number of piperidine rings is 1. The fourth-order valence-corrected chi connectivity index (χ4v) is 3.33. The molecule has 0 aliphatic carbocycles. The Hall–Kier alpha value is -1.66. The van der Waals surface area contributed by atoms with E-state index in [9.17, 15) is 14.0 Å². The zero-order valence-corrected chi connectivity index (χ0v) is 15.2. The molecule has 3 rings (SSSR count). The van der Waals surface area contributed by atoms with Gasteiger partial charge in [0.25, 0.3) is 0 Å². The first-order valence-corrected chi connectivity index (χ1v) is 8.60. The van der Waals surface area contributed by atoms with Gasteiger partial charge in [-0.3, -0.25) is 9.59 Å². The zero-order valence-electron chi connectivity index (χ0n) is 14.3. The number of rotatable bonds is 4. The number of hydrogen-bond acceptors (Lipinski definition) is 3. The molecule has 2 aliphatic heterocycles. The molecule has 2 heterocycles. The van der Waals surface area contributed by atoms with Crippen LogP contribution in [0.25, 0.3) is 0 Å². The fraction of sp³-hybridized carbons (Fsp3) is 0.556. The van der Waals surface area contributed by atoms with Gasteiger partial charge in [-0.2, -0.15) is 0 Å². The van der Waals surface area contributed by atoms with Gasteiger partial charge in [-0.25, -0.2) is 4.39 Å². The highest BCUT2D eigenvalue weighted by Crippen LogP contribution is 2.24. The van der Waals surface area contributed by atoms with Crippen molar-refractivity contribution in [2.24, 2.45) is 17.8 Å². The fourth-order valence-electron chi connectivity index (χ4n) is 3.33. The number of halogens is 2. The average molecular weight is 370 g/mol. The number of benzene rings is 1. The number of anilines is 1. The molecule has 1 aromatic carbocycles. The lowest BCUT2D eigenvalue weighted by atomic mass is 9.87. The monoisotopic (exact) mass is 369 g/mol. The molecule has 2 amide bonds. The number of nitrogens with zero attached hydrogens (tertiary/aromatic N) is 1. The second-order valence-electron chi connectivity index (χ2n) is 6.81. The molecule has 0 spiro atoms. The van der Waals surface area contributed by atoms with Crippen LogP contribution >= 0.6 is 12.4 Å². The van der Waals surface area contributed by atoms with Crippen LogP contribution in [0.15, 0.2) is 24.3 Å². The van der Waals surface area contributed by atoms with Gasteiger partial charge in [0.2, 0.25) is 11.8 Å². The summed E-state index contributed by atoms with van der Waals surface area (Å²) in [5, 5.41) is 5.96. The van der Waals surface area contributed by atoms with Crippen molar-refractivity contribution in [3.05, 3.63) is 30.1 Å². The second-order valence-corrected chi connectivity index (χ2v) is 6.81. The smallest absolute Gasteiger partial charge is 0.227 e. The Morgan fingerprint density at radius 3 is 2.52 bits per heavy atom. The predicted octanol–water partition coefficient (Wildman–Crippen LogP) is 2.28. The summed E-state index contributed by atoms with van der Waals surface area (Å²) in [7, 11) is 0. The molecule has 2 saturated heterocycles. The maximum Gasteiger partial charge on any atom is 0.227 e. The van der Waals surface area contributed by atoms with E-state index >= 15 is 0 Å². The molecule has 7 heteroatoms. The number of nitrogens with one attached hydrogen (secondary N) is 2. The van der Waals surface area contributed by atoms with Crippen LogP contribution < -0.4 is 10.6 Å². The molecule has 5 nitrogen and oxygen atoms in total. The van der Waals surface area contributed by atoms with E-state index in [0.717, 1.165) is 13.1 Å². The predicted molar refractivity (Wildman–Crippen MR) is 97.1 cm³/mol. The van der Waals surface area contributed by atoms with E-state index in [1.807, 2.05) is 11.8 Å². The molecule has 0 radical (unpaired) electrons. The molecule has 138 valence electrons. The van der Waals surface area contributed by atoms with E-state index in [2.05, 4.69) is 10.6 Å². The number of carbonyl (C=O) groups excluding carboxylic acids is 2. The summed E-state index contributed by atoms with van der Waals surface area (Å²) in [6.07, 6.45) is 1.31.